The van der Waals surface area contributed by atoms with Crippen LogP contribution in [-0.2, 0) is 9.19 Å². The lowest BCUT2D eigenvalue weighted by atomic mass is 10.2. The van der Waals surface area contributed by atoms with Crippen molar-refractivity contribution >= 4 is 24.9 Å². The molecule has 0 heterocycles. The maximum atomic E-state index is 10.6. The van der Waals surface area contributed by atoms with Gasteiger partial charge in [0, 0.05) is 6.07 Å². The normalized spacial score (nSPS) is 11.0. The second-order valence-electron chi connectivity index (χ2n) is 2.90. The zero-order valence-corrected chi connectivity index (χ0v) is 9.31. The molecule has 3 N–H and O–H groups in total. The molecule has 11 nitrogen and oxygen atoms in total. The Morgan fingerprint density at radius 3 is 2.28 bits per heavy atom. The van der Waals surface area contributed by atoms with Gasteiger partial charge in [0.1, 0.15) is 5.69 Å². The molecule has 0 aromatic heterocycles. The summed E-state index contributed by atoms with van der Waals surface area (Å²) in [6.07, 6.45) is 0. The summed E-state index contributed by atoms with van der Waals surface area (Å²) in [5.74, 6) is 0. The quantitative estimate of drug-likeness (QED) is 0.403. The third-order valence-corrected chi connectivity index (χ3v) is 1.99. The minimum Gasteiger partial charge on any atom is -0.301 e. The standard InChI is InChI=1S/C6H6N3O8P/c10-8(11)4-1-2-5(6(3-4)9(12)13)7-17-18(14,15)16/h1-3,7H,(H2,14,15,16). The van der Waals surface area contributed by atoms with Crippen LogP contribution in [0.4, 0.5) is 17.1 Å². The SMILES string of the molecule is O=[N+]([O-])c1ccc(NOP(=O)(O)O)c([N+](=O)[O-])c1. The number of nitrogens with zero attached hydrogens (tertiary/aromatic N) is 2. The average Bonchev–Trinajstić information content (AvgIpc) is 2.24. The van der Waals surface area contributed by atoms with Crippen molar-refractivity contribution in [3.05, 3.63) is 38.4 Å². The van der Waals surface area contributed by atoms with Gasteiger partial charge in [-0.3, -0.25) is 20.2 Å². The highest BCUT2D eigenvalue weighted by Gasteiger charge is 2.22. The summed E-state index contributed by atoms with van der Waals surface area (Å²) < 4.78 is 14.2. The van der Waals surface area contributed by atoms with Crippen LogP contribution in [0, 0.1) is 20.2 Å². The molecular formula is C6H6N3O8P. The number of anilines is 1. The van der Waals surface area contributed by atoms with E-state index in [9.17, 15) is 24.8 Å². The van der Waals surface area contributed by atoms with Crippen molar-refractivity contribution in [3.63, 3.8) is 0 Å². The van der Waals surface area contributed by atoms with Gasteiger partial charge < -0.3 is 9.79 Å². The fourth-order valence-corrected chi connectivity index (χ4v) is 1.20. The molecule has 0 aliphatic rings. The van der Waals surface area contributed by atoms with Gasteiger partial charge in [-0.1, -0.05) is 0 Å². The molecule has 0 amide bonds. The van der Waals surface area contributed by atoms with Crippen molar-refractivity contribution in [2.24, 2.45) is 0 Å². The highest BCUT2D eigenvalue weighted by molar-refractivity contribution is 7.46. The second kappa shape index (κ2) is 5.06. The Bertz CT molecular complexity index is 540. The average molecular weight is 279 g/mol. The predicted octanol–water partition coefficient (Wildman–Crippen LogP) is 0.939. The highest BCUT2D eigenvalue weighted by atomic mass is 31.2. The summed E-state index contributed by atoms with van der Waals surface area (Å²) in [7, 11) is -4.88. The van der Waals surface area contributed by atoms with E-state index < -0.39 is 34.7 Å². The number of nitrogens with one attached hydrogen (secondary N) is 1. The first-order valence-electron chi connectivity index (χ1n) is 4.13. The zero-order chi connectivity index (χ0) is 13.9. The van der Waals surface area contributed by atoms with Crippen LogP contribution in [0.2, 0.25) is 0 Å². The first kappa shape index (κ1) is 14.0. The van der Waals surface area contributed by atoms with E-state index in [-0.39, 0.29) is 0 Å². The van der Waals surface area contributed by atoms with E-state index in [1.54, 1.807) is 5.48 Å². The third-order valence-electron chi connectivity index (χ3n) is 1.66. The molecule has 0 saturated heterocycles. The fraction of sp³-hybridized carbons (Fsp3) is 0. The molecule has 0 unspecified atom stereocenters. The maximum Gasteiger partial charge on any atom is 0.491 e. The lowest BCUT2D eigenvalue weighted by Gasteiger charge is -2.07. The van der Waals surface area contributed by atoms with Crippen LogP contribution in [0.3, 0.4) is 0 Å². The van der Waals surface area contributed by atoms with E-state index in [1.165, 1.54) is 0 Å². The highest BCUT2D eigenvalue weighted by Crippen LogP contribution is 2.37. The Balaban J connectivity index is 3.08. The van der Waals surface area contributed by atoms with Crippen LogP contribution < -0.4 is 5.48 Å². The summed E-state index contributed by atoms with van der Waals surface area (Å²) in [5.41, 5.74) is -0.0397. The van der Waals surface area contributed by atoms with Gasteiger partial charge in [-0.25, -0.2) is 10.0 Å². The van der Waals surface area contributed by atoms with Gasteiger partial charge in [0.2, 0.25) is 0 Å². The van der Waals surface area contributed by atoms with Crippen molar-refractivity contribution in [1.82, 2.24) is 0 Å². The summed E-state index contributed by atoms with van der Waals surface area (Å²) in [4.78, 5) is 36.0. The van der Waals surface area contributed by atoms with Gasteiger partial charge in [-0.15, -0.1) is 0 Å². The topological polar surface area (TPSA) is 165 Å². The van der Waals surface area contributed by atoms with Crippen molar-refractivity contribution in [3.8, 4) is 0 Å². The van der Waals surface area contributed by atoms with Crippen LogP contribution in [-0.4, -0.2) is 19.6 Å². The molecular weight excluding hydrogens is 273 g/mol. The Kier molecular flexibility index (Phi) is 3.93. The number of non-ortho nitro benzene ring substituents is 1. The molecule has 0 radical (unpaired) electrons. The van der Waals surface area contributed by atoms with E-state index in [1.807, 2.05) is 0 Å². The molecule has 0 aliphatic heterocycles. The molecule has 0 fully saturated rings. The predicted molar refractivity (Wildman–Crippen MR) is 56.5 cm³/mol. The minimum absolute atomic E-state index is 0.422. The van der Waals surface area contributed by atoms with Crippen LogP contribution in [0.5, 0.6) is 0 Å². The smallest absolute Gasteiger partial charge is 0.301 e. The van der Waals surface area contributed by atoms with E-state index >= 15 is 0 Å². The molecule has 12 heteroatoms. The fourth-order valence-electron chi connectivity index (χ4n) is 0.980. The Labute approximate surface area is 98.5 Å². The van der Waals surface area contributed by atoms with Crippen LogP contribution >= 0.6 is 7.82 Å². The molecule has 0 bridgehead atoms. The van der Waals surface area contributed by atoms with Gasteiger partial charge in [-0.05, 0) is 6.07 Å². The number of hydrogen-bond donors (Lipinski definition) is 3. The van der Waals surface area contributed by atoms with Gasteiger partial charge in [0.05, 0.1) is 15.9 Å². The lowest BCUT2D eigenvalue weighted by Crippen LogP contribution is -2.03. The van der Waals surface area contributed by atoms with Gasteiger partial charge in [0.25, 0.3) is 5.69 Å². The largest absolute Gasteiger partial charge is 0.491 e. The van der Waals surface area contributed by atoms with E-state index in [4.69, 9.17) is 9.79 Å². The first-order chi connectivity index (χ1) is 8.20. The van der Waals surface area contributed by atoms with Gasteiger partial charge in [-0.2, -0.15) is 4.62 Å². The summed E-state index contributed by atoms with van der Waals surface area (Å²) >= 11 is 0. The summed E-state index contributed by atoms with van der Waals surface area (Å²) in [6.45, 7) is 0. The summed E-state index contributed by atoms with van der Waals surface area (Å²) in [6, 6.07) is 2.44. The zero-order valence-electron chi connectivity index (χ0n) is 8.42. The van der Waals surface area contributed by atoms with E-state index in [0.717, 1.165) is 12.1 Å². The van der Waals surface area contributed by atoms with Gasteiger partial charge in [0.15, 0.2) is 0 Å². The molecule has 98 valence electrons. The van der Waals surface area contributed by atoms with Crippen LogP contribution in [0.25, 0.3) is 0 Å². The van der Waals surface area contributed by atoms with Crippen molar-refractivity contribution in [2.75, 3.05) is 5.48 Å². The Hall–Kier alpha value is -2.07. The van der Waals surface area contributed by atoms with Crippen LogP contribution in [0.15, 0.2) is 18.2 Å². The number of nitro benzene ring substituents is 2. The second-order valence-corrected chi connectivity index (χ2v) is 4.06. The number of nitro groups is 2. The summed E-state index contributed by atoms with van der Waals surface area (Å²) in [5, 5.41) is 21.0. The molecule has 0 atom stereocenters. The Morgan fingerprint density at radius 2 is 1.83 bits per heavy atom. The van der Waals surface area contributed by atoms with Gasteiger partial charge >= 0.3 is 13.5 Å². The number of hydrogen-bond acceptors (Lipinski definition) is 7. The van der Waals surface area contributed by atoms with Crippen LogP contribution in [0.1, 0.15) is 0 Å². The van der Waals surface area contributed by atoms with E-state index in [2.05, 4.69) is 4.62 Å². The third kappa shape index (κ3) is 3.75. The molecule has 1 aromatic rings. The molecule has 18 heavy (non-hydrogen) atoms. The molecule has 0 saturated carbocycles. The van der Waals surface area contributed by atoms with Crippen molar-refractivity contribution in [2.45, 2.75) is 0 Å². The lowest BCUT2D eigenvalue weighted by molar-refractivity contribution is -0.393. The number of rotatable bonds is 5. The monoisotopic (exact) mass is 279 g/mol. The van der Waals surface area contributed by atoms with E-state index in [0.29, 0.717) is 6.07 Å². The maximum absolute atomic E-state index is 10.6. The number of phosphoric acid groups is 1. The minimum atomic E-state index is -4.88. The molecule has 1 aromatic carbocycles. The van der Waals surface area contributed by atoms with Crippen molar-refractivity contribution < 1.29 is 28.8 Å². The molecule has 1 rings (SSSR count). The Morgan fingerprint density at radius 1 is 1.22 bits per heavy atom. The molecule has 0 aliphatic carbocycles. The van der Waals surface area contributed by atoms with Crippen molar-refractivity contribution in [1.29, 1.82) is 0 Å². The molecule has 0 spiro atoms. The first-order valence-corrected chi connectivity index (χ1v) is 5.67. The number of benzene rings is 1.